The summed E-state index contributed by atoms with van der Waals surface area (Å²) in [6.45, 7) is 5.00. The van der Waals surface area contributed by atoms with E-state index in [1.54, 1.807) is 45.0 Å². The van der Waals surface area contributed by atoms with Crippen molar-refractivity contribution < 1.29 is 10.0 Å². The molecule has 0 saturated carbocycles. The van der Waals surface area contributed by atoms with Crippen molar-refractivity contribution in [2.45, 2.75) is 32.9 Å². The van der Waals surface area contributed by atoms with E-state index < -0.39 is 17.6 Å². The highest BCUT2D eigenvalue weighted by molar-refractivity contribution is 5.19. The minimum Gasteiger partial charge on any atom is -0.393 e. The van der Waals surface area contributed by atoms with Crippen LogP contribution in [0.25, 0.3) is 0 Å². The Balaban J connectivity index is 3.16. The molecule has 1 aromatic carbocycles. The van der Waals surface area contributed by atoms with E-state index in [4.69, 9.17) is 0 Å². The van der Waals surface area contributed by atoms with Gasteiger partial charge in [0.1, 0.15) is 0 Å². The highest BCUT2D eigenvalue weighted by Crippen LogP contribution is 2.38. The zero-order valence-corrected chi connectivity index (χ0v) is 9.75. The van der Waals surface area contributed by atoms with Gasteiger partial charge in [0.25, 0.3) is 0 Å². The second-order valence-corrected chi connectivity index (χ2v) is 4.60. The fraction of sp³-hybridized carbons (Fsp3) is 0.500. The third kappa shape index (κ3) is 2.39. The van der Waals surface area contributed by atoms with E-state index >= 15 is 0 Å². The molecule has 0 heterocycles. The first kappa shape index (κ1) is 12.6. The number of nitrogens with zero attached hydrogens (tertiary/aromatic N) is 1. The lowest BCUT2D eigenvalue weighted by Crippen LogP contribution is -2.37. The summed E-state index contributed by atoms with van der Waals surface area (Å²) in [7, 11) is 0. The molecule has 4 nitrogen and oxygen atoms in total. The Morgan fingerprint density at radius 2 is 1.81 bits per heavy atom. The van der Waals surface area contributed by atoms with Crippen LogP contribution in [0.3, 0.4) is 0 Å². The van der Waals surface area contributed by atoms with Crippen molar-refractivity contribution in [1.82, 2.24) is 0 Å². The Morgan fingerprint density at radius 3 is 2.19 bits per heavy atom. The predicted octanol–water partition coefficient (Wildman–Crippen LogP) is 2.41. The van der Waals surface area contributed by atoms with Crippen molar-refractivity contribution in [2.75, 3.05) is 0 Å². The van der Waals surface area contributed by atoms with E-state index in [0.717, 1.165) is 0 Å². The molecule has 4 heteroatoms. The second kappa shape index (κ2) is 4.61. The van der Waals surface area contributed by atoms with Gasteiger partial charge in [0, 0.05) is 10.5 Å². The molecule has 2 unspecified atom stereocenters. The van der Waals surface area contributed by atoms with Crippen LogP contribution in [0.4, 0.5) is 0 Å². The van der Waals surface area contributed by atoms with E-state index in [0.29, 0.717) is 5.56 Å². The van der Waals surface area contributed by atoms with Crippen LogP contribution in [0, 0.1) is 15.5 Å². The highest BCUT2D eigenvalue weighted by Gasteiger charge is 2.43. The molecule has 16 heavy (non-hydrogen) atoms. The maximum atomic E-state index is 11.1. The van der Waals surface area contributed by atoms with Crippen LogP contribution in [-0.4, -0.2) is 16.1 Å². The van der Waals surface area contributed by atoms with Crippen LogP contribution in [0.1, 0.15) is 32.4 Å². The summed E-state index contributed by atoms with van der Waals surface area (Å²) < 4.78 is 0. The fourth-order valence-electron chi connectivity index (χ4n) is 1.69. The molecule has 0 aromatic heterocycles. The van der Waals surface area contributed by atoms with Gasteiger partial charge in [0.15, 0.2) is 0 Å². The molecule has 0 aliphatic carbocycles. The lowest BCUT2D eigenvalue weighted by Gasteiger charge is -2.30. The topological polar surface area (TPSA) is 63.4 Å². The summed E-state index contributed by atoms with van der Waals surface area (Å²) in [5.41, 5.74) is -0.177. The third-order valence-electron chi connectivity index (χ3n) is 3.11. The normalized spacial score (nSPS) is 15.5. The minimum atomic E-state index is -0.895. The molecule has 0 amide bonds. The van der Waals surface area contributed by atoms with Gasteiger partial charge in [0.05, 0.1) is 11.5 Å². The molecule has 0 bridgehead atoms. The monoisotopic (exact) mass is 223 g/mol. The number of hydrogen-bond acceptors (Lipinski definition) is 3. The van der Waals surface area contributed by atoms with Gasteiger partial charge in [-0.3, -0.25) is 10.1 Å². The molecular weight excluding hydrogens is 206 g/mol. The number of aliphatic hydroxyl groups excluding tert-OH is 1. The molecule has 0 fully saturated rings. The summed E-state index contributed by atoms with van der Waals surface area (Å²) in [6, 6.07) is 7.90. The average Bonchev–Trinajstić information content (AvgIpc) is 2.18. The van der Waals surface area contributed by atoms with Crippen molar-refractivity contribution in [3.8, 4) is 0 Å². The van der Waals surface area contributed by atoms with Gasteiger partial charge in [0.2, 0.25) is 6.04 Å². The van der Waals surface area contributed by atoms with Crippen molar-refractivity contribution in [1.29, 1.82) is 0 Å². The van der Waals surface area contributed by atoms with Crippen molar-refractivity contribution in [3.63, 3.8) is 0 Å². The number of benzene rings is 1. The van der Waals surface area contributed by atoms with Crippen molar-refractivity contribution in [3.05, 3.63) is 46.0 Å². The maximum Gasteiger partial charge on any atom is 0.245 e. The molecule has 2 atom stereocenters. The number of aliphatic hydroxyl groups is 1. The fourth-order valence-corrected chi connectivity index (χ4v) is 1.69. The standard InChI is InChI=1S/C12H17NO3/c1-9(14)12(2,3)11(13(15)16)10-7-5-4-6-8-10/h4-9,11,14H,1-3H3. The van der Waals surface area contributed by atoms with Gasteiger partial charge in [-0.25, -0.2) is 0 Å². The zero-order chi connectivity index (χ0) is 12.3. The molecule has 1 N–H and O–H groups in total. The first-order valence-corrected chi connectivity index (χ1v) is 5.24. The Kier molecular flexibility index (Phi) is 3.65. The van der Waals surface area contributed by atoms with Crippen LogP contribution < -0.4 is 0 Å². The summed E-state index contributed by atoms with van der Waals surface area (Å²) >= 11 is 0. The molecular formula is C12H17NO3. The first-order valence-electron chi connectivity index (χ1n) is 5.24. The molecule has 0 aliphatic heterocycles. The largest absolute Gasteiger partial charge is 0.393 e. The van der Waals surface area contributed by atoms with E-state index in [1.165, 1.54) is 0 Å². The molecule has 1 aromatic rings. The Hall–Kier alpha value is -1.42. The van der Waals surface area contributed by atoms with Gasteiger partial charge >= 0.3 is 0 Å². The van der Waals surface area contributed by atoms with Crippen LogP contribution in [-0.2, 0) is 0 Å². The molecule has 88 valence electrons. The quantitative estimate of drug-likeness (QED) is 0.629. The van der Waals surface area contributed by atoms with E-state index in [2.05, 4.69) is 0 Å². The van der Waals surface area contributed by atoms with E-state index in [9.17, 15) is 15.2 Å². The van der Waals surface area contributed by atoms with Crippen LogP contribution >= 0.6 is 0 Å². The number of nitro groups is 1. The summed E-state index contributed by atoms with van der Waals surface area (Å²) in [4.78, 5) is 10.8. The zero-order valence-electron chi connectivity index (χ0n) is 9.75. The lowest BCUT2D eigenvalue weighted by molar-refractivity contribution is -0.551. The smallest absolute Gasteiger partial charge is 0.245 e. The van der Waals surface area contributed by atoms with E-state index in [-0.39, 0.29) is 4.92 Å². The predicted molar refractivity (Wildman–Crippen MR) is 61.6 cm³/mol. The molecule has 1 rings (SSSR count). The Bertz CT molecular complexity index is 360. The summed E-state index contributed by atoms with van der Waals surface area (Å²) in [6.07, 6.45) is -0.747. The maximum absolute atomic E-state index is 11.1. The molecule has 0 spiro atoms. The minimum absolute atomic E-state index is 0.331. The second-order valence-electron chi connectivity index (χ2n) is 4.60. The van der Waals surface area contributed by atoms with Gasteiger partial charge < -0.3 is 5.11 Å². The summed E-state index contributed by atoms with van der Waals surface area (Å²) in [5.74, 6) is 0. The number of rotatable bonds is 4. The van der Waals surface area contributed by atoms with Crippen molar-refractivity contribution in [2.24, 2.45) is 5.41 Å². The SMILES string of the molecule is CC(O)C(C)(C)C(c1ccccc1)[N+](=O)[O-]. The summed E-state index contributed by atoms with van der Waals surface area (Å²) in [5, 5.41) is 20.8. The average molecular weight is 223 g/mol. The lowest BCUT2D eigenvalue weighted by atomic mass is 9.77. The first-order chi connectivity index (χ1) is 7.37. The molecule has 0 radical (unpaired) electrons. The van der Waals surface area contributed by atoms with Crippen molar-refractivity contribution >= 4 is 0 Å². The van der Waals surface area contributed by atoms with E-state index in [1.807, 2.05) is 6.07 Å². The van der Waals surface area contributed by atoms with Crippen LogP contribution in [0.15, 0.2) is 30.3 Å². The molecule has 0 aliphatic rings. The Morgan fingerprint density at radius 1 is 1.31 bits per heavy atom. The van der Waals surface area contributed by atoms with Gasteiger partial charge in [-0.1, -0.05) is 44.2 Å². The van der Waals surface area contributed by atoms with Gasteiger partial charge in [-0.05, 0) is 6.92 Å². The van der Waals surface area contributed by atoms with Crippen LogP contribution in [0.2, 0.25) is 0 Å². The van der Waals surface area contributed by atoms with Crippen LogP contribution in [0.5, 0.6) is 0 Å². The third-order valence-corrected chi connectivity index (χ3v) is 3.11. The Labute approximate surface area is 95.1 Å². The highest BCUT2D eigenvalue weighted by atomic mass is 16.6. The number of hydrogen-bond donors (Lipinski definition) is 1. The molecule has 0 saturated heterocycles. The van der Waals surface area contributed by atoms with Gasteiger partial charge in [-0.15, -0.1) is 0 Å². The van der Waals surface area contributed by atoms with Gasteiger partial charge in [-0.2, -0.15) is 0 Å².